The molecule has 1 N–H and O–H groups in total. The van der Waals surface area contributed by atoms with Gasteiger partial charge in [0.25, 0.3) is 0 Å². The number of hydrogen-bond donors (Lipinski definition) is 1. The fourth-order valence-corrected chi connectivity index (χ4v) is 3.12. The smallest absolute Gasteiger partial charge is 0.0597 e. The van der Waals surface area contributed by atoms with Crippen molar-refractivity contribution in [2.45, 2.75) is 25.9 Å². The Morgan fingerprint density at radius 3 is 2.81 bits per heavy atom. The molecule has 1 unspecified atom stereocenters. The summed E-state index contributed by atoms with van der Waals surface area (Å²) in [6.07, 6.45) is 1.10. The van der Waals surface area contributed by atoms with Crippen molar-refractivity contribution in [3.8, 4) is 0 Å². The van der Waals surface area contributed by atoms with Gasteiger partial charge < -0.3 is 5.32 Å². The van der Waals surface area contributed by atoms with Crippen molar-refractivity contribution in [1.29, 1.82) is 0 Å². The Labute approximate surface area is 126 Å². The highest BCUT2D eigenvalue weighted by molar-refractivity contribution is 5.16. The highest BCUT2D eigenvalue weighted by atomic mass is 15.3. The number of nitrogens with zero attached hydrogens (tertiary/aromatic N) is 3. The van der Waals surface area contributed by atoms with Crippen molar-refractivity contribution in [2.24, 2.45) is 7.05 Å². The van der Waals surface area contributed by atoms with E-state index in [4.69, 9.17) is 0 Å². The highest BCUT2D eigenvalue weighted by Gasteiger charge is 2.23. The van der Waals surface area contributed by atoms with Gasteiger partial charge in [-0.25, -0.2) is 0 Å². The summed E-state index contributed by atoms with van der Waals surface area (Å²) < 4.78 is 2.01. The van der Waals surface area contributed by atoms with Crippen LogP contribution in [0.4, 0.5) is 0 Å². The first-order valence-corrected chi connectivity index (χ1v) is 7.70. The van der Waals surface area contributed by atoms with E-state index < -0.39 is 0 Å². The minimum Gasteiger partial charge on any atom is -0.314 e. The summed E-state index contributed by atoms with van der Waals surface area (Å²) in [6.45, 7) is 6.27. The van der Waals surface area contributed by atoms with E-state index in [2.05, 4.69) is 58.6 Å². The zero-order valence-corrected chi connectivity index (χ0v) is 12.9. The van der Waals surface area contributed by atoms with Gasteiger partial charge in [0, 0.05) is 39.3 Å². The number of hydrogen-bond acceptors (Lipinski definition) is 3. The fourth-order valence-electron chi connectivity index (χ4n) is 3.12. The van der Waals surface area contributed by atoms with E-state index in [0.717, 1.165) is 38.3 Å². The molecule has 1 saturated heterocycles. The number of rotatable bonds is 4. The molecule has 1 aromatic carbocycles. The molecule has 1 aliphatic rings. The van der Waals surface area contributed by atoms with Gasteiger partial charge in [-0.3, -0.25) is 9.58 Å². The van der Waals surface area contributed by atoms with Crippen LogP contribution in [0.5, 0.6) is 0 Å². The summed E-state index contributed by atoms with van der Waals surface area (Å²) in [5.74, 6) is 0. The van der Waals surface area contributed by atoms with Gasteiger partial charge in [-0.2, -0.15) is 5.10 Å². The second-order valence-electron chi connectivity index (χ2n) is 5.92. The Morgan fingerprint density at radius 1 is 1.29 bits per heavy atom. The standard InChI is InChI=1S/C17H24N4/c1-14-10-17(20(2)19-14)13-21-9-8-18-12-16(21)11-15-6-4-3-5-7-15/h3-7,10,16,18H,8-9,11-13H2,1-2H3. The van der Waals surface area contributed by atoms with E-state index in [-0.39, 0.29) is 0 Å². The van der Waals surface area contributed by atoms with Gasteiger partial charge in [0.1, 0.15) is 0 Å². The molecule has 0 saturated carbocycles. The second-order valence-corrected chi connectivity index (χ2v) is 5.92. The maximum Gasteiger partial charge on any atom is 0.0597 e. The number of benzene rings is 1. The van der Waals surface area contributed by atoms with Crippen molar-refractivity contribution in [1.82, 2.24) is 20.0 Å². The summed E-state index contributed by atoms with van der Waals surface area (Å²) in [4.78, 5) is 2.58. The summed E-state index contributed by atoms with van der Waals surface area (Å²) in [5, 5.41) is 7.99. The first-order valence-electron chi connectivity index (χ1n) is 7.70. The Hall–Kier alpha value is -1.65. The molecular formula is C17H24N4. The first-order chi connectivity index (χ1) is 10.2. The van der Waals surface area contributed by atoms with Gasteiger partial charge in [0.05, 0.1) is 11.4 Å². The number of aryl methyl sites for hydroxylation is 2. The monoisotopic (exact) mass is 284 g/mol. The third kappa shape index (κ3) is 3.52. The van der Waals surface area contributed by atoms with Crippen molar-refractivity contribution in [3.05, 3.63) is 53.3 Å². The van der Waals surface area contributed by atoms with Gasteiger partial charge >= 0.3 is 0 Å². The van der Waals surface area contributed by atoms with Crippen LogP contribution in [0.15, 0.2) is 36.4 Å². The molecular weight excluding hydrogens is 260 g/mol. The lowest BCUT2D eigenvalue weighted by molar-refractivity contribution is 0.148. The summed E-state index contributed by atoms with van der Waals surface area (Å²) in [7, 11) is 2.04. The van der Waals surface area contributed by atoms with Crippen molar-refractivity contribution < 1.29 is 0 Å². The molecule has 1 aromatic heterocycles. The molecule has 4 nitrogen and oxygen atoms in total. The van der Waals surface area contributed by atoms with E-state index in [0.29, 0.717) is 6.04 Å². The minimum absolute atomic E-state index is 0.552. The quantitative estimate of drug-likeness (QED) is 0.928. The Kier molecular flexibility index (Phi) is 4.36. The minimum atomic E-state index is 0.552. The van der Waals surface area contributed by atoms with Crippen LogP contribution < -0.4 is 5.32 Å². The van der Waals surface area contributed by atoms with Crippen molar-refractivity contribution >= 4 is 0 Å². The van der Waals surface area contributed by atoms with Crippen LogP contribution in [0, 0.1) is 6.92 Å². The van der Waals surface area contributed by atoms with E-state index in [1.807, 2.05) is 11.7 Å². The van der Waals surface area contributed by atoms with E-state index in [1.165, 1.54) is 11.3 Å². The van der Waals surface area contributed by atoms with Crippen LogP contribution in [0.2, 0.25) is 0 Å². The summed E-state index contributed by atoms with van der Waals surface area (Å²) >= 11 is 0. The molecule has 2 heterocycles. The maximum absolute atomic E-state index is 4.46. The fraction of sp³-hybridized carbons (Fsp3) is 0.471. The van der Waals surface area contributed by atoms with Crippen LogP contribution in [0.25, 0.3) is 0 Å². The van der Waals surface area contributed by atoms with Crippen molar-refractivity contribution in [3.63, 3.8) is 0 Å². The highest BCUT2D eigenvalue weighted by Crippen LogP contribution is 2.15. The Morgan fingerprint density at radius 2 is 2.10 bits per heavy atom. The largest absolute Gasteiger partial charge is 0.314 e. The average molecular weight is 284 g/mol. The average Bonchev–Trinajstić information content (AvgIpc) is 2.80. The van der Waals surface area contributed by atoms with Crippen LogP contribution in [0.1, 0.15) is 17.0 Å². The summed E-state index contributed by atoms with van der Waals surface area (Å²) in [6, 6.07) is 13.5. The van der Waals surface area contributed by atoms with Crippen LogP contribution >= 0.6 is 0 Å². The number of aromatic nitrogens is 2. The SMILES string of the molecule is Cc1cc(CN2CCNCC2Cc2ccccc2)n(C)n1. The molecule has 1 atom stereocenters. The topological polar surface area (TPSA) is 33.1 Å². The molecule has 1 fully saturated rings. The lowest BCUT2D eigenvalue weighted by Gasteiger charge is -2.36. The maximum atomic E-state index is 4.46. The van der Waals surface area contributed by atoms with Crippen LogP contribution in [-0.2, 0) is 20.0 Å². The third-order valence-electron chi connectivity index (χ3n) is 4.25. The molecule has 0 amide bonds. The zero-order chi connectivity index (χ0) is 14.7. The molecule has 112 valence electrons. The molecule has 1 aliphatic heterocycles. The molecule has 4 heteroatoms. The third-order valence-corrected chi connectivity index (χ3v) is 4.25. The molecule has 0 radical (unpaired) electrons. The van der Waals surface area contributed by atoms with Gasteiger partial charge in [0.15, 0.2) is 0 Å². The molecule has 2 aromatic rings. The molecule has 0 bridgehead atoms. The zero-order valence-electron chi connectivity index (χ0n) is 12.9. The molecule has 3 rings (SSSR count). The molecule has 0 spiro atoms. The van der Waals surface area contributed by atoms with Gasteiger partial charge in [-0.1, -0.05) is 30.3 Å². The number of nitrogens with one attached hydrogen (secondary N) is 1. The summed E-state index contributed by atoms with van der Waals surface area (Å²) in [5.41, 5.74) is 3.81. The van der Waals surface area contributed by atoms with Gasteiger partial charge in [0.2, 0.25) is 0 Å². The predicted octanol–water partition coefficient (Wildman–Crippen LogP) is 1.75. The van der Waals surface area contributed by atoms with Gasteiger partial charge in [-0.05, 0) is 25.0 Å². The van der Waals surface area contributed by atoms with Gasteiger partial charge in [-0.15, -0.1) is 0 Å². The molecule has 0 aliphatic carbocycles. The van der Waals surface area contributed by atoms with Crippen LogP contribution in [0.3, 0.4) is 0 Å². The van der Waals surface area contributed by atoms with E-state index in [9.17, 15) is 0 Å². The van der Waals surface area contributed by atoms with Crippen molar-refractivity contribution in [2.75, 3.05) is 19.6 Å². The van der Waals surface area contributed by atoms with Crippen LogP contribution in [-0.4, -0.2) is 40.4 Å². The normalized spacial score (nSPS) is 19.8. The lowest BCUT2D eigenvalue weighted by Crippen LogP contribution is -2.51. The lowest BCUT2D eigenvalue weighted by atomic mass is 10.0. The first kappa shape index (κ1) is 14.3. The Balaban J connectivity index is 1.71. The Bertz CT molecular complexity index is 576. The van der Waals surface area contributed by atoms with E-state index in [1.54, 1.807) is 0 Å². The number of piperazine rings is 1. The molecule has 21 heavy (non-hydrogen) atoms. The predicted molar refractivity (Wildman–Crippen MR) is 85.2 cm³/mol. The van der Waals surface area contributed by atoms with E-state index >= 15 is 0 Å². The second kappa shape index (κ2) is 6.41.